The van der Waals surface area contributed by atoms with Gasteiger partial charge >= 0.3 is 0 Å². The minimum atomic E-state index is -0.0368. The van der Waals surface area contributed by atoms with Gasteiger partial charge in [0.1, 0.15) is 18.1 Å². The zero-order valence-electron chi connectivity index (χ0n) is 16.0. The van der Waals surface area contributed by atoms with Crippen LogP contribution in [0.25, 0.3) is 0 Å². The quantitative estimate of drug-likeness (QED) is 0.247. The lowest BCUT2D eigenvalue weighted by atomic mass is 10.1. The first-order valence-electron chi connectivity index (χ1n) is 8.56. The Hall–Kier alpha value is -2.00. The Labute approximate surface area is 178 Å². The van der Waals surface area contributed by atoms with Crippen LogP contribution in [0.2, 0.25) is 0 Å². The maximum atomic E-state index is 5.69. The highest BCUT2D eigenvalue weighted by molar-refractivity contribution is 14.0. The molecule has 7 heteroatoms. The number of guanidine groups is 1. The monoisotopic (exact) mass is 485 g/mol. The van der Waals surface area contributed by atoms with Gasteiger partial charge in [0, 0.05) is 20.7 Å². The summed E-state index contributed by atoms with van der Waals surface area (Å²) in [4.78, 5) is 4.22. The summed E-state index contributed by atoms with van der Waals surface area (Å²) in [6.45, 7) is 1.79. The van der Waals surface area contributed by atoms with E-state index in [-0.39, 0.29) is 30.1 Å². The van der Waals surface area contributed by atoms with Gasteiger partial charge in [-0.3, -0.25) is 4.99 Å². The zero-order valence-corrected chi connectivity index (χ0v) is 18.3. The van der Waals surface area contributed by atoms with Crippen LogP contribution in [0.5, 0.6) is 11.5 Å². The molecule has 0 amide bonds. The molecule has 0 aliphatic carbocycles. The molecule has 0 aliphatic heterocycles. The van der Waals surface area contributed by atoms with Gasteiger partial charge in [0.2, 0.25) is 0 Å². The number of hydrogen-bond donors (Lipinski definition) is 2. The lowest BCUT2D eigenvalue weighted by Crippen LogP contribution is -2.41. The summed E-state index contributed by atoms with van der Waals surface area (Å²) in [6, 6.07) is 17.6. The van der Waals surface area contributed by atoms with Gasteiger partial charge in [-0.2, -0.15) is 0 Å². The molecule has 1 unspecified atom stereocenters. The number of methoxy groups -OCH3 is 2. The topological polar surface area (TPSA) is 64.1 Å². The molecule has 0 bridgehead atoms. The normalized spacial score (nSPS) is 11.9. The second-order valence-corrected chi connectivity index (χ2v) is 5.54. The van der Waals surface area contributed by atoms with E-state index in [4.69, 9.17) is 14.2 Å². The maximum absolute atomic E-state index is 5.69. The van der Waals surface area contributed by atoms with Crippen LogP contribution in [0.15, 0.2) is 59.6 Å². The zero-order chi connectivity index (χ0) is 18.6. The number of hydrogen-bond acceptors (Lipinski definition) is 4. The van der Waals surface area contributed by atoms with Crippen molar-refractivity contribution in [3.05, 3.63) is 60.2 Å². The molecule has 0 aromatic heterocycles. The largest absolute Gasteiger partial charge is 0.497 e. The van der Waals surface area contributed by atoms with Gasteiger partial charge in [-0.1, -0.05) is 30.3 Å². The van der Waals surface area contributed by atoms with Gasteiger partial charge < -0.3 is 24.8 Å². The van der Waals surface area contributed by atoms with E-state index in [2.05, 4.69) is 27.8 Å². The van der Waals surface area contributed by atoms with E-state index in [0.29, 0.717) is 25.7 Å². The molecular formula is C20H28IN3O3. The van der Waals surface area contributed by atoms with Crippen LogP contribution in [-0.2, 0) is 4.74 Å². The summed E-state index contributed by atoms with van der Waals surface area (Å²) in [5, 5.41) is 6.50. The van der Waals surface area contributed by atoms with Crippen LogP contribution in [-0.4, -0.2) is 46.9 Å². The first-order chi connectivity index (χ1) is 12.8. The third kappa shape index (κ3) is 8.04. The fraction of sp³-hybridized carbons (Fsp3) is 0.350. The molecule has 2 aromatic rings. The lowest BCUT2D eigenvalue weighted by molar-refractivity contribution is 0.106. The van der Waals surface area contributed by atoms with Gasteiger partial charge in [-0.05, 0) is 29.8 Å². The molecule has 1 atom stereocenters. The van der Waals surface area contributed by atoms with Gasteiger partial charge in [0.25, 0.3) is 0 Å². The molecule has 2 aromatic carbocycles. The maximum Gasteiger partial charge on any atom is 0.191 e. The van der Waals surface area contributed by atoms with E-state index in [9.17, 15) is 0 Å². The van der Waals surface area contributed by atoms with E-state index >= 15 is 0 Å². The number of halogens is 1. The number of nitrogens with one attached hydrogen (secondary N) is 2. The summed E-state index contributed by atoms with van der Waals surface area (Å²) < 4.78 is 16.4. The molecule has 0 saturated heterocycles. The van der Waals surface area contributed by atoms with Gasteiger partial charge in [0.05, 0.1) is 19.8 Å². The summed E-state index contributed by atoms with van der Waals surface area (Å²) in [7, 11) is 5.09. The lowest BCUT2D eigenvalue weighted by Gasteiger charge is -2.18. The average molecular weight is 485 g/mol. The minimum absolute atomic E-state index is 0. The molecule has 2 rings (SSSR count). The number of nitrogens with zero attached hydrogens (tertiary/aromatic N) is 1. The van der Waals surface area contributed by atoms with Crippen LogP contribution in [0, 0.1) is 0 Å². The van der Waals surface area contributed by atoms with Crippen LogP contribution in [0.4, 0.5) is 0 Å². The smallest absolute Gasteiger partial charge is 0.191 e. The third-order valence-corrected chi connectivity index (χ3v) is 3.86. The van der Waals surface area contributed by atoms with Crippen molar-refractivity contribution in [2.45, 2.75) is 6.10 Å². The highest BCUT2D eigenvalue weighted by Gasteiger charge is 2.10. The van der Waals surface area contributed by atoms with Gasteiger partial charge in [-0.25, -0.2) is 0 Å². The third-order valence-electron chi connectivity index (χ3n) is 3.86. The minimum Gasteiger partial charge on any atom is -0.497 e. The SMILES string of the molecule is CN=C(NCCOc1ccc(OC)cc1)NCC(OC)c1ccccc1.I. The Morgan fingerprint density at radius 2 is 1.63 bits per heavy atom. The highest BCUT2D eigenvalue weighted by Crippen LogP contribution is 2.17. The van der Waals surface area contributed by atoms with E-state index in [1.54, 1.807) is 21.3 Å². The fourth-order valence-corrected chi connectivity index (χ4v) is 2.43. The first-order valence-corrected chi connectivity index (χ1v) is 8.56. The van der Waals surface area contributed by atoms with Crippen molar-refractivity contribution in [2.24, 2.45) is 4.99 Å². The van der Waals surface area contributed by atoms with Crippen LogP contribution in [0.1, 0.15) is 11.7 Å². The standard InChI is InChI=1S/C20H27N3O3.HI/c1-21-20(23-15-19(25-3)16-7-5-4-6-8-16)22-13-14-26-18-11-9-17(24-2)10-12-18;/h4-12,19H,13-15H2,1-3H3,(H2,21,22,23);1H. The van der Waals surface area contributed by atoms with E-state index in [1.165, 1.54) is 0 Å². The molecular weight excluding hydrogens is 457 g/mol. The van der Waals surface area contributed by atoms with E-state index < -0.39 is 0 Å². The molecule has 27 heavy (non-hydrogen) atoms. The Morgan fingerprint density at radius 1 is 0.963 bits per heavy atom. The predicted octanol–water partition coefficient (Wildman–Crippen LogP) is 3.24. The van der Waals surface area contributed by atoms with Crippen molar-refractivity contribution in [1.82, 2.24) is 10.6 Å². The van der Waals surface area contributed by atoms with Crippen molar-refractivity contribution in [3.8, 4) is 11.5 Å². The number of aliphatic imine (C=N–C) groups is 1. The Kier molecular flexibility index (Phi) is 11.3. The summed E-state index contributed by atoms with van der Waals surface area (Å²) >= 11 is 0. The van der Waals surface area contributed by atoms with Crippen LogP contribution < -0.4 is 20.1 Å². The fourth-order valence-electron chi connectivity index (χ4n) is 2.43. The molecule has 0 aliphatic rings. The second-order valence-electron chi connectivity index (χ2n) is 5.54. The first kappa shape index (κ1) is 23.0. The number of ether oxygens (including phenoxy) is 3. The molecule has 0 saturated carbocycles. The second kappa shape index (κ2) is 13.2. The van der Waals surface area contributed by atoms with E-state index in [1.807, 2.05) is 42.5 Å². The number of benzene rings is 2. The Balaban J connectivity index is 0.00000364. The van der Waals surface area contributed by atoms with Crippen LogP contribution >= 0.6 is 24.0 Å². The van der Waals surface area contributed by atoms with Gasteiger partial charge in [-0.15, -0.1) is 24.0 Å². The van der Waals surface area contributed by atoms with Crippen LogP contribution in [0.3, 0.4) is 0 Å². The number of rotatable bonds is 9. The summed E-state index contributed by atoms with van der Waals surface area (Å²) in [5.74, 6) is 2.33. The van der Waals surface area contributed by atoms with Crippen molar-refractivity contribution >= 4 is 29.9 Å². The molecule has 0 spiro atoms. The molecule has 148 valence electrons. The van der Waals surface area contributed by atoms with Crippen molar-refractivity contribution in [2.75, 3.05) is 41.0 Å². The summed E-state index contributed by atoms with van der Waals surface area (Å²) in [6.07, 6.45) is -0.0368. The van der Waals surface area contributed by atoms with Crippen molar-refractivity contribution in [1.29, 1.82) is 0 Å². The van der Waals surface area contributed by atoms with E-state index in [0.717, 1.165) is 17.1 Å². The van der Waals surface area contributed by atoms with Crippen molar-refractivity contribution < 1.29 is 14.2 Å². The Morgan fingerprint density at radius 3 is 2.22 bits per heavy atom. The summed E-state index contributed by atoms with van der Waals surface area (Å²) in [5.41, 5.74) is 1.13. The average Bonchev–Trinajstić information content (AvgIpc) is 2.71. The molecule has 0 heterocycles. The highest BCUT2D eigenvalue weighted by atomic mass is 127. The molecule has 6 nitrogen and oxygen atoms in total. The predicted molar refractivity (Wildman–Crippen MR) is 119 cm³/mol. The van der Waals surface area contributed by atoms with Crippen molar-refractivity contribution in [3.63, 3.8) is 0 Å². The van der Waals surface area contributed by atoms with Gasteiger partial charge in [0.15, 0.2) is 5.96 Å². The molecule has 0 fully saturated rings. The molecule has 2 N–H and O–H groups in total. The molecule has 0 radical (unpaired) electrons. The Bertz CT molecular complexity index is 666.